The molecule has 0 aliphatic rings. The van der Waals surface area contributed by atoms with Crippen LogP contribution in [0, 0.1) is 6.92 Å². The predicted molar refractivity (Wildman–Crippen MR) is 84.6 cm³/mol. The molecule has 0 spiro atoms. The second-order valence-electron chi connectivity index (χ2n) is 4.79. The lowest BCUT2D eigenvalue weighted by molar-refractivity contribution is -0.121. The molecule has 0 saturated carbocycles. The van der Waals surface area contributed by atoms with Crippen molar-refractivity contribution in [1.82, 2.24) is 15.1 Å². The van der Waals surface area contributed by atoms with Crippen molar-refractivity contribution in [3.63, 3.8) is 0 Å². The number of benzene rings is 1. The Morgan fingerprint density at radius 2 is 2.14 bits per heavy atom. The summed E-state index contributed by atoms with van der Waals surface area (Å²) in [5, 5.41) is 10.3. The minimum atomic E-state index is -0.336. The number of hydrogen-bond donors (Lipinski definition) is 2. The first-order chi connectivity index (χ1) is 10.1. The summed E-state index contributed by atoms with van der Waals surface area (Å²) in [5.74, 6) is -0.0678. The van der Waals surface area contributed by atoms with Crippen molar-refractivity contribution in [3.05, 3.63) is 54.9 Å². The predicted octanol–water partition coefficient (Wildman–Crippen LogP) is 2.28. The Morgan fingerprint density at radius 3 is 2.81 bits per heavy atom. The molecule has 110 valence electrons. The van der Waals surface area contributed by atoms with Gasteiger partial charge in [0.15, 0.2) is 0 Å². The fraction of sp³-hybridized carbons (Fsp3) is 0.250. The summed E-state index contributed by atoms with van der Waals surface area (Å²) in [7, 11) is 0. The lowest BCUT2D eigenvalue weighted by Crippen LogP contribution is -2.37. The van der Waals surface area contributed by atoms with Gasteiger partial charge in [-0.1, -0.05) is 24.3 Å². The van der Waals surface area contributed by atoms with Crippen LogP contribution in [0.5, 0.6) is 0 Å². The van der Waals surface area contributed by atoms with Gasteiger partial charge in [0.05, 0.1) is 23.3 Å². The first-order valence-corrected chi connectivity index (χ1v) is 6.88. The Balaban J connectivity index is 2.10. The molecule has 2 N–H and O–H groups in total. The van der Waals surface area contributed by atoms with Crippen LogP contribution in [0.4, 0.5) is 5.69 Å². The topological polar surface area (TPSA) is 59.0 Å². The molecule has 0 aliphatic heterocycles. The zero-order valence-corrected chi connectivity index (χ0v) is 12.3. The van der Waals surface area contributed by atoms with Crippen molar-refractivity contribution in [2.24, 2.45) is 0 Å². The van der Waals surface area contributed by atoms with E-state index in [9.17, 15) is 4.79 Å². The highest BCUT2D eigenvalue weighted by molar-refractivity contribution is 5.84. The minimum Gasteiger partial charge on any atom is -0.371 e. The van der Waals surface area contributed by atoms with Crippen LogP contribution in [-0.4, -0.2) is 28.3 Å². The maximum absolute atomic E-state index is 11.8. The van der Waals surface area contributed by atoms with E-state index >= 15 is 0 Å². The van der Waals surface area contributed by atoms with Gasteiger partial charge in [-0.05, 0) is 26.0 Å². The highest BCUT2D eigenvalue weighted by atomic mass is 16.2. The molecule has 5 heteroatoms. The number of para-hydroxylation sites is 1. The SMILES string of the molecule is C=CCNC(=O)C(C)Nc1cnn(-c2ccccc2)c1C. The van der Waals surface area contributed by atoms with Gasteiger partial charge in [-0.15, -0.1) is 6.58 Å². The number of nitrogens with zero attached hydrogens (tertiary/aromatic N) is 2. The molecule has 1 atom stereocenters. The third kappa shape index (κ3) is 3.51. The van der Waals surface area contributed by atoms with E-state index in [2.05, 4.69) is 22.3 Å². The third-order valence-electron chi connectivity index (χ3n) is 3.20. The van der Waals surface area contributed by atoms with E-state index in [1.807, 2.05) is 48.9 Å². The summed E-state index contributed by atoms with van der Waals surface area (Å²) in [6.07, 6.45) is 3.39. The second kappa shape index (κ2) is 6.74. The molecule has 0 aliphatic carbocycles. The first kappa shape index (κ1) is 14.8. The smallest absolute Gasteiger partial charge is 0.242 e. The molecule has 2 aromatic rings. The molecule has 5 nitrogen and oxygen atoms in total. The van der Waals surface area contributed by atoms with Crippen LogP contribution in [0.3, 0.4) is 0 Å². The number of anilines is 1. The summed E-state index contributed by atoms with van der Waals surface area (Å²) < 4.78 is 1.84. The van der Waals surface area contributed by atoms with Gasteiger partial charge in [0.25, 0.3) is 0 Å². The lowest BCUT2D eigenvalue weighted by atomic mass is 10.2. The van der Waals surface area contributed by atoms with E-state index in [-0.39, 0.29) is 11.9 Å². The van der Waals surface area contributed by atoms with Crippen LogP contribution in [-0.2, 0) is 4.79 Å². The van der Waals surface area contributed by atoms with Gasteiger partial charge in [0, 0.05) is 6.54 Å². The van der Waals surface area contributed by atoms with Gasteiger partial charge < -0.3 is 10.6 Å². The Morgan fingerprint density at radius 1 is 1.43 bits per heavy atom. The van der Waals surface area contributed by atoms with Crippen LogP contribution >= 0.6 is 0 Å². The zero-order chi connectivity index (χ0) is 15.2. The molecule has 0 saturated heterocycles. The fourth-order valence-electron chi connectivity index (χ4n) is 2.01. The van der Waals surface area contributed by atoms with Gasteiger partial charge in [-0.3, -0.25) is 4.79 Å². The highest BCUT2D eigenvalue weighted by Gasteiger charge is 2.15. The Bertz CT molecular complexity index is 618. The number of carbonyl (C=O) groups excluding carboxylic acids is 1. The van der Waals surface area contributed by atoms with Gasteiger partial charge >= 0.3 is 0 Å². The van der Waals surface area contributed by atoms with E-state index in [1.165, 1.54) is 0 Å². The average Bonchev–Trinajstić information content (AvgIpc) is 2.86. The van der Waals surface area contributed by atoms with Crippen molar-refractivity contribution >= 4 is 11.6 Å². The Kier molecular flexibility index (Phi) is 4.77. The standard InChI is InChI=1S/C16H20N4O/c1-4-10-17-16(21)12(2)19-15-11-18-20(13(15)3)14-8-6-5-7-9-14/h4-9,11-12,19H,1,10H2,2-3H3,(H,17,21). The molecule has 0 radical (unpaired) electrons. The highest BCUT2D eigenvalue weighted by Crippen LogP contribution is 2.18. The van der Waals surface area contributed by atoms with Crippen molar-refractivity contribution in [2.75, 3.05) is 11.9 Å². The van der Waals surface area contributed by atoms with E-state index in [0.717, 1.165) is 17.1 Å². The number of amides is 1. The van der Waals surface area contributed by atoms with Gasteiger partial charge in [0.1, 0.15) is 6.04 Å². The monoisotopic (exact) mass is 284 g/mol. The fourth-order valence-corrected chi connectivity index (χ4v) is 2.01. The van der Waals surface area contributed by atoms with Crippen LogP contribution in [0.2, 0.25) is 0 Å². The molecule has 21 heavy (non-hydrogen) atoms. The number of hydrogen-bond acceptors (Lipinski definition) is 3. The van der Waals surface area contributed by atoms with E-state index in [0.29, 0.717) is 6.54 Å². The molecule has 0 bridgehead atoms. The molecule has 1 unspecified atom stereocenters. The average molecular weight is 284 g/mol. The summed E-state index contributed by atoms with van der Waals surface area (Å²) in [6, 6.07) is 9.54. The molecular formula is C16H20N4O. The normalized spacial score (nSPS) is 11.7. The molecule has 2 rings (SSSR count). The second-order valence-corrected chi connectivity index (χ2v) is 4.79. The van der Waals surface area contributed by atoms with Crippen LogP contribution in [0.15, 0.2) is 49.2 Å². The molecular weight excluding hydrogens is 264 g/mol. The Labute approximate surface area is 124 Å². The molecule has 1 aromatic heterocycles. The quantitative estimate of drug-likeness (QED) is 0.800. The van der Waals surface area contributed by atoms with E-state index in [1.54, 1.807) is 12.3 Å². The number of carbonyl (C=O) groups is 1. The van der Waals surface area contributed by atoms with E-state index < -0.39 is 0 Å². The molecule has 1 amide bonds. The number of rotatable bonds is 6. The van der Waals surface area contributed by atoms with Crippen LogP contribution in [0.25, 0.3) is 5.69 Å². The Hall–Kier alpha value is -2.56. The third-order valence-corrected chi connectivity index (χ3v) is 3.20. The molecule has 1 aromatic carbocycles. The minimum absolute atomic E-state index is 0.0678. The number of nitrogens with one attached hydrogen (secondary N) is 2. The van der Waals surface area contributed by atoms with Crippen molar-refractivity contribution in [3.8, 4) is 5.69 Å². The maximum atomic E-state index is 11.8. The van der Waals surface area contributed by atoms with Gasteiger partial charge in [0.2, 0.25) is 5.91 Å². The largest absolute Gasteiger partial charge is 0.371 e. The summed E-state index contributed by atoms with van der Waals surface area (Å²) in [4.78, 5) is 11.8. The van der Waals surface area contributed by atoms with Crippen LogP contribution in [0.1, 0.15) is 12.6 Å². The zero-order valence-electron chi connectivity index (χ0n) is 12.3. The van der Waals surface area contributed by atoms with Crippen molar-refractivity contribution in [1.29, 1.82) is 0 Å². The maximum Gasteiger partial charge on any atom is 0.242 e. The lowest BCUT2D eigenvalue weighted by Gasteiger charge is -2.14. The molecule has 1 heterocycles. The number of aromatic nitrogens is 2. The summed E-state index contributed by atoms with van der Waals surface area (Å²) in [6.45, 7) is 7.83. The van der Waals surface area contributed by atoms with Gasteiger partial charge in [-0.25, -0.2) is 4.68 Å². The van der Waals surface area contributed by atoms with E-state index in [4.69, 9.17) is 0 Å². The van der Waals surface area contributed by atoms with Gasteiger partial charge in [-0.2, -0.15) is 5.10 Å². The summed E-state index contributed by atoms with van der Waals surface area (Å²) in [5.41, 5.74) is 2.80. The first-order valence-electron chi connectivity index (χ1n) is 6.88. The molecule has 0 fully saturated rings. The van der Waals surface area contributed by atoms with Crippen molar-refractivity contribution in [2.45, 2.75) is 19.9 Å². The summed E-state index contributed by atoms with van der Waals surface area (Å²) >= 11 is 0. The van der Waals surface area contributed by atoms with Crippen molar-refractivity contribution < 1.29 is 4.79 Å². The van der Waals surface area contributed by atoms with Crippen LogP contribution < -0.4 is 10.6 Å².